The quantitative estimate of drug-likeness (QED) is 0.371. The van der Waals surface area contributed by atoms with Crippen molar-refractivity contribution in [2.24, 2.45) is 0 Å². The lowest BCUT2D eigenvalue weighted by Gasteiger charge is -2.41. The second kappa shape index (κ2) is 11.1. The first-order valence-corrected chi connectivity index (χ1v) is 13.0. The van der Waals surface area contributed by atoms with Gasteiger partial charge >= 0.3 is 12.2 Å². The minimum Gasteiger partial charge on any atom is -0.476 e. The molecule has 2 aromatic carbocycles. The highest BCUT2D eigenvalue weighted by molar-refractivity contribution is 6.35. The fourth-order valence-corrected chi connectivity index (χ4v) is 5.47. The number of carbonyl (C=O) groups is 2. The number of ether oxygens (including phenoxy) is 1. The number of fused-ring (bicyclic) bond motifs is 2. The summed E-state index contributed by atoms with van der Waals surface area (Å²) >= 11 is 12.2. The highest BCUT2D eigenvalue weighted by Gasteiger charge is 2.42. The van der Waals surface area contributed by atoms with Gasteiger partial charge in [-0.05, 0) is 82.0 Å². The fraction of sp³-hybridized carbons (Fsp3) is 0.462. The predicted octanol–water partition coefficient (Wildman–Crippen LogP) is 6.15. The summed E-state index contributed by atoms with van der Waals surface area (Å²) in [6, 6.07) is 11.4. The van der Waals surface area contributed by atoms with Crippen molar-refractivity contribution in [2.45, 2.75) is 69.4 Å². The molecule has 2 unspecified atom stereocenters. The van der Waals surface area contributed by atoms with Gasteiger partial charge in [-0.25, -0.2) is 4.79 Å². The summed E-state index contributed by atoms with van der Waals surface area (Å²) < 4.78 is 42.8. The molecule has 0 aliphatic carbocycles. The molecule has 2 aromatic rings. The van der Waals surface area contributed by atoms with Crippen LogP contribution in [-0.2, 0) is 4.79 Å². The molecule has 2 heterocycles. The predicted molar refractivity (Wildman–Crippen MR) is 141 cm³/mol. The third kappa shape index (κ3) is 6.96. The molecule has 206 valence electrons. The van der Waals surface area contributed by atoms with Crippen molar-refractivity contribution in [3.8, 4) is 5.75 Å². The molecule has 0 aromatic heterocycles. The third-order valence-electron chi connectivity index (χ3n) is 6.75. The molecule has 7 nitrogen and oxygen atoms in total. The summed E-state index contributed by atoms with van der Waals surface area (Å²) in [6.07, 6.45) is -0.979. The molecule has 38 heavy (non-hydrogen) atoms. The van der Waals surface area contributed by atoms with E-state index in [1.165, 1.54) is 0 Å². The number of alkyl halides is 3. The lowest BCUT2D eigenvalue weighted by atomic mass is 9.95. The molecule has 2 aliphatic rings. The summed E-state index contributed by atoms with van der Waals surface area (Å²) in [4.78, 5) is 27.1. The minimum absolute atomic E-state index is 0.0157. The van der Waals surface area contributed by atoms with Crippen LogP contribution in [0, 0.1) is 0 Å². The maximum absolute atomic E-state index is 13.1. The van der Waals surface area contributed by atoms with Gasteiger partial charge in [-0.3, -0.25) is 4.79 Å². The Hall–Kier alpha value is -2.85. The van der Waals surface area contributed by atoms with Gasteiger partial charge in [0.15, 0.2) is 5.60 Å². The van der Waals surface area contributed by atoms with Gasteiger partial charge in [0.2, 0.25) is 0 Å². The van der Waals surface area contributed by atoms with Gasteiger partial charge in [0.25, 0.3) is 5.91 Å². The van der Waals surface area contributed by atoms with Crippen LogP contribution >= 0.6 is 23.2 Å². The Morgan fingerprint density at radius 1 is 1.03 bits per heavy atom. The van der Waals surface area contributed by atoms with Crippen molar-refractivity contribution in [3.05, 3.63) is 52.5 Å². The van der Waals surface area contributed by atoms with Gasteiger partial charge in [0.1, 0.15) is 12.3 Å². The largest absolute Gasteiger partial charge is 0.476 e. The maximum atomic E-state index is 13.1. The van der Waals surface area contributed by atoms with Crippen LogP contribution in [0.5, 0.6) is 5.75 Å². The average molecular weight is 573 g/mol. The van der Waals surface area contributed by atoms with Crippen molar-refractivity contribution in [1.29, 1.82) is 0 Å². The van der Waals surface area contributed by atoms with Crippen molar-refractivity contribution < 1.29 is 27.5 Å². The fourth-order valence-electron chi connectivity index (χ4n) is 5.03. The van der Waals surface area contributed by atoms with E-state index in [2.05, 4.69) is 15.5 Å². The maximum Gasteiger partial charge on any atom is 0.405 e. The van der Waals surface area contributed by atoms with Crippen molar-refractivity contribution >= 4 is 46.5 Å². The number of nitrogens with zero attached hydrogens (tertiary/aromatic N) is 1. The van der Waals surface area contributed by atoms with Crippen LogP contribution in [0.3, 0.4) is 0 Å². The Labute approximate surface area is 229 Å². The summed E-state index contributed by atoms with van der Waals surface area (Å²) in [5.74, 6) is 0.141. The van der Waals surface area contributed by atoms with E-state index in [0.29, 0.717) is 21.5 Å². The van der Waals surface area contributed by atoms with Gasteiger partial charge in [-0.1, -0.05) is 23.2 Å². The molecule has 2 fully saturated rings. The number of halogens is 5. The Kier molecular flexibility index (Phi) is 8.23. The van der Waals surface area contributed by atoms with Gasteiger partial charge in [0.05, 0.1) is 5.02 Å². The molecule has 2 atom stereocenters. The molecule has 0 saturated carbocycles. The van der Waals surface area contributed by atoms with E-state index < -0.39 is 24.4 Å². The Morgan fingerprint density at radius 3 is 2.24 bits per heavy atom. The second-order valence-corrected chi connectivity index (χ2v) is 10.9. The molecular formula is C26H29Cl2F3N4O3. The average Bonchev–Trinajstić information content (AvgIpc) is 3.09. The van der Waals surface area contributed by atoms with Gasteiger partial charge < -0.3 is 25.6 Å². The number of urea groups is 1. The topological polar surface area (TPSA) is 82.7 Å². The molecule has 0 spiro atoms. The summed E-state index contributed by atoms with van der Waals surface area (Å²) in [5, 5.41) is 8.13. The van der Waals surface area contributed by atoms with E-state index in [0.717, 1.165) is 31.4 Å². The first-order valence-electron chi connectivity index (χ1n) is 12.3. The normalized spacial score (nSPS) is 21.1. The van der Waals surface area contributed by atoms with Crippen molar-refractivity contribution in [2.75, 3.05) is 16.8 Å². The molecule has 3 amide bonds. The lowest BCUT2D eigenvalue weighted by molar-refractivity contribution is -0.135. The van der Waals surface area contributed by atoms with E-state index in [1.807, 2.05) is 12.1 Å². The van der Waals surface area contributed by atoms with Crippen LogP contribution in [0.4, 0.5) is 29.3 Å². The van der Waals surface area contributed by atoms with E-state index in [4.69, 9.17) is 27.9 Å². The smallest absolute Gasteiger partial charge is 0.405 e. The molecular weight excluding hydrogens is 544 g/mol. The van der Waals surface area contributed by atoms with Crippen molar-refractivity contribution in [1.82, 2.24) is 10.6 Å². The number of hydrogen-bond acceptors (Lipinski definition) is 4. The monoisotopic (exact) mass is 572 g/mol. The number of piperidine rings is 1. The molecule has 2 saturated heterocycles. The number of hydrogen-bond donors (Lipinski definition) is 3. The van der Waals surface area contributed by atoms with E-state index in [-0.39, 0.29) is 24.0 Å². The Bertz CT molecular complexity index is 1160. The lowest BCUT2D eigenvalue weighted by Crippen LogP contribution is -2.55. The van der Waals surface area contributed by atoms with E-state index in [9.17, 15) is 22.8 Å². The SMILES string of the molecule is CC(C)(Oc1ccc(Cl)cc1Cl)C(=O)NC1CC2CCC(C1)N2c1ccc(NC(=O)NCC(F)(F)F)cc1. The molecule has 4 rings (SSSR count). The zero-order valence-corrected chi connectivity index (χ0v) is 22.4. The third-order valence-corrected chi connectivity index (χ3v) is 7.28. The van der Waals surface area contributed by atoms with Crippen LogP contribution in [-0.4, -0.2) is 48.4 Å². The highest BCUT2D eigenvalue weighted by Crippen LogP contribution is 2.40. The second-order valence-electron chi connectivity index (χ2n) is 10.1. The van der Waals surface area contributed by atoms with E-state index >= 15 is 0 Å². The summed E-state index contributed by atoms with van der Waals surface area (Å²) in [6.45, 7) is 1.98. The number of amides is 3. The van der Waals surface area contributed by atoms with Crippen LogP contribution in [0.1, 0.15) is 39.5 Å². The number of benzene rings is 2. The summed E-state index contributed by atoms with van der Waals surface area (Å²) in [5.41, 5.74) is 0.207. The zero-order valence-electron chi connectivity index (χ0n) is 20.9. The van der Waals surface area contributed by atoms with E-state index in [1.54, 1.807) is 49.5 Å². The van der Waals surface area contributed by atoms with Gasteiger partial charge in [0, 0.05) is 34.5 Å². The standard InChI is InChI=1S/C26H29Cl2F3N4O3/c1-25(2,38-22-10-3-15(27)11-21(22)28)23(36)33-17-12-19-8-9-20(13-17)35(19)18-6-4-16(5-7-18)34-24(37)32-14-26(29,30)31/h3-7,10-11,17,19-20H,8-9,12-14H2,1-2H3,(H,33,36)(H2,32,34,37). The van der Waals surface area contributed by atoms with Crippen LogP contribution in [0.2, 0.25) is 10.0 Å². The van der Waals surface area contributed by atoms with Crippen LogP contribution < -0.4 is 25.6 Å². The molecule has 2 bridgehead atoms. The highest BCUT2D eigenvalue weighted by atomic mass is 35.5. The number of nitrogens with one attached hydrogen (secondary N) is 3. The first kappa shape index (κ1) is 28.2. The minimum atomic E-state index is -4.47. The van der Waals surface area contributed by atoms with Crippen LogP contribution in [0.15, 0.2) is 42.5 Å². The van der Waals surface area contributed by atoms with Gasteiger partial charge in [-0.2, -0.15) is 13.2 Å². The first-order chi connectivity index (χ1) is 17.8. The molecule has 3 N–H and O–H groups in total. The number of anilines is 2. The van der Waals surface area contributed by atoms with Crippen molar-refractivity contribution in [3.63, 3.8) is 0 Å². The Balaban J connectivity index is 1.33. The zero-order chi connectivity index (χ0) is 27.7. The number of carbonyl (C=O) groups excluding carboxylic acids is 2. The number of rotatable bonds is 7. The molecule has 12 heteroatoms. The summed E-state index contributed by atoms with van der Waals surface area (Å²) in [7, 11) is 0. The van der Waals surface area contributed by atoms with Gasteiger partial charge in [-0.15, -0.1) is 0 Å². The Morgan fingerprint density at radius 2 is 1.66 bits per heavy atom. The molecule has 0 radical (unpaired) electrons. The molecule has 2 aliphatic heterocycles. The van der Waals surface area contributed by atoms with Crippen LogP contribution in [0.25, 0.3) is 0 Å².